The highest BCUT2D eigenvalue weighted by molar-refractivity contribution is 5.94. The molecule has 154 valence electrons. The van der Waals surface area contributed by atoms with Gasteiger partial charge in [0.1, 0.15) is 17.5 Å². The second kappa shape index (κ2) is 9.72. The van der Waals surface area contributed by atoms with Crippen molar-refractivity contribution in [3.05, 3.63) is 36.7 Å². The summed E-state index contributed by atoms with van der Waals surface area (Å²) in [6.45, 7) is 0.271. The van der Waals surface area contributed by atoms with E-state index in [1.807, 2.05) is 4.90 Å². The van der Waals surface area contributed by atoms with E-state index in [2.05, 4.69) is 15.3 Å². The quantitative estimate of drug-likeness (QED) is 0.705. The number of hydrogen-bond donors (Lipinski definition) is 1. The number of hydrogen-bond acceptors (Lipinski definition) is 8. The van der Waals surface area contributed by atoms with Gasteiger partial charge in [0.05, 0.1) is 19.9 Å². The molecule has 2 heterocycles. The van der Waals surface area contributed by atoms with E-state index in [1.165, 1.54) is 7.11 Å². The molecule has 0 radical (unpaired) electrons. The van der Waals surface area contributed by atoms with Crippen LogP contribution in [-0.4, -0.2) is 55.3 Å². The molecule has 3 rings (SSSR count). The monoisotopic (exact) mass is 400 g/mol. The Bertz CT molecular complexity index is 846. The molecule has 29 heavy (non-hydrogen) atoms. The van der Waals surface area contributed by atoms with E-state index in [-0.39, 0.29) is 0 Å². The van der Waals surface area contributed by atoms with E-state index >= 15 is 0 Å². The summed E-state index contributed by atoms with van der Waals surface area (Å²) >= 11 is 0. The van der Waals surface area contributed by atoms with Gasteiger partial charge in [-0.25, -0.2) is 14.8 Å². The van der Waals surface area contributed by atoms with Crippen LogP contribution in [0.1, 0.15) is 19.3 Å². The first-order valence-corrected chi connectivity index (χ1v) is 9.34. The Kier molecular flexibility index (Phi) is 6.83. The van der Waals surface area contributed by atoms with Crippen molar-refractivity contribution >= 4 is 23.5 Å². The fraction of sp³-hybridized carbons (Fsp3) is 0.400. The van der Waals surface area contributed by atoms with Gasteiger partial charge in [-0.05, 0) is 37.5 Å². The standard InChI is InChI=1S/C20H24N4O5/c1-27-14-7-8-15(17(12-14)28-2)23-18(25)13-29-19(26)16-6-3-4-11-24(16)20-21-9-5-10-22-20/h5,7-10,12,16H,3-4,6,11,13H2,1-2H3,(H,23,25). The van der Waals surface area contributed by atoms with Gasteiger partial charge < -0.3 is 24.4 Å². The minimum absolute atomic E-state index is 0.395. The first-order chi connectivity index (χ1) is 14.1. The zero-order valence-corrected chi connectivity index (χ0v) is 16.5. The van der Waals surface area contributed by atoms with Gasteiger partial charge in [-0.3, -0.25) is 4.79 Å². The van der Waals surface area contributed by atoms with Crippen LogP contribution in [0.15, 0.2) is 36.7 Å². The molecule has 1 aliphatic rings. The van der Waals surface area contributed by atoms with Gasteiger partial charge in [0.25, 0.3) is 5.91 Å². The van der Waals surface area contributed by atoms with Crippen LogP contribution in [0.2, 0.25) is 0 Å². The molecular weight excluding hydrogens is 376 g/mol. The summed E-state index contributed by atoms with van der Waals surface area (Å²) in [5.41, 5.74) is 0.464. The Morgan fingerprint density at radius 1 is 1.17 bits per heavy atom. The Balaban J connectivity index is 1.59. The average molecular weight is 400 g/mol. The third-order valence-electron chi connectivity index (χ3n) is 4.61. The molecule has 1 atom stereocenters. The Hall–Kier alpha value is -3.36. The highest BCUT2D eigenvalue weighted by Crippen LogP contribution is 2.29. The highest BCUT2D eigenvalue weighted by Gasteiger charge is 2.32. The molecule has 1 unspecified atom stereocenters. The molecule has 1 aliphatic heterocycles. The van der Waals surface area contributed by atoms with Crippen molar-refractivity contribution in [1.82, 2.24) is 9.97 Å². The van der Waals surface area contributed by atoms with E-state index < -0.39 is 24.5 Å². The second-order valence-electron chi connectivity index (χ2n) is 6.48. The van der Waals surface area contributed by atoms with E-state index in [9.17, 15) is 9.59 Å². The van der Waals surface area contributed by atoms with Gasteiger partial charge in [-0.15, -0.1) is 0 Å². The maximum atomic E-state index is 12.6. The molecule has 0 aliphatic carbocycles. The number of nitrogens with one attached hydrogen (secondary N) is 1. The SMILES string of the molecule is COc1ccc(NC(=O)COC(=O)C2CCCCN2c2ncccn2)c(OC)c1. The van der Waals surface area contributed by atoms with Crippen LogP contribution in [0.3, 0.4) is 0 Å². The summed E-state index contributed by atoms with van der Waals surface area (Å²) in [4.78, 5) is 35.1. The Labute approximate surface area is 169 Å². The van der Waals surface area contributed by atoms with E-state index in [0.29, 0.717) is 36.1 Å². The number of aromatic nitrogens is 2. The number of carbonyl (C=O) groups excluding carboxylic acids is 2. The zero-order chi connectivity index (χ0) is 20.6. The summed E-state index contributed by atoms with van der Waals surface area (Å²) in [5.74, 6) is 0.617. The van der Waals surface area contributed by atoms with Crippen molar-refractivity contribution in [2.24, 2.45) is 0 Å². The van der Waals surface area contributed by atoms with Crippen LogP contribution in [0.4, 0.5) is 11.6 Å². The minimum Gasteiger partial charge on any atom is -0.497 e. The molecule has 1 amide bonds. The normalized spacial score (nSPS) is 16.1. The fourth-order valence-electron chi connectivity index (χ4n) is 3.18. The number of benzene rings is 1. The molecule has 0 bridgehead atoms. The number of ether oxygens (including phenoxy) is 3. The van der Waals surface area contributed by atoms with Crippen LogP contribution in [0.25, 0.3) is 0 Å². The maximum Gasteiger partial charge on any atom is 0.329 e. The van der Waals surface area contributed by atoms with Gasteiger partial charge in [0.2, 0.25) is 5.95 Å². The molecule has 9 heteroatoms. The molecular formula is C20H24N4O5. The third kappa shape index (κ3) is 5.13. The number of carbonyl (C=O) groups is 2. The fourth-order valence-corrected chi connectivity index (χ4v) is 3.18. The van der Waals surface area contributed by atoms with E-state index in [1.54, 1.807) is 43.8 Å². The van der Waals surface area contributed by atoms with Crippen molar-refractivity contribution in [3.8, 4) is 11.5 Å². The zero-order valence-electron chi connectivity index (χ0n) is 16.5. The molecule has 1 saturated heterocycles. The van der Waals surface area contributed by atoms with Crippen molar-refractivity contribution in [3.63, 3.8) is 0 Å². The van der Waals surface area contributed by atoms with Crippen LogP contribution < -0.4 is 19.7 Å². The number of nitrogens with zero attached hydrogens (tertiary/aromatic N) is 3. The number of rotatable bonds is 7. The van der Waals surface area contributed by atoms with Gasteiger partial charge in [-0.1, -0.05) is 0 Å². The summed E-state index contributed by atoms with van der Waals surface area (Å²) < 4.78 is 15.7. The van der Waals surface area contributed by atoms with Crippen LogP contribution in [-0.2, 0) is 14.3 Å². The van der Waals surface area contributed by atoms with Crippen molar-refractivity contribution in [1.29, 1.82) is 0 Å². The highest BCUT2D eigenvalue weighted by atomic mass is 16.5. The van der Waals surface area contributed by atoms with Crippen molar-refractivity contribution in [2.75, 3.05) is 37.6 Å². The lowest BCUT2D eigenvalue weighted by Gasteiger charge is -2.33. The molecule has 2 aromatic rings. The van der Waals surface area contributed by atoms with Gasteiger partial charge in [0.15, 0.2) is 6.61 Å². The maximum absolute atomic E-state index is 12.6. The van der Waals surface area contributed by atoms with Crippen LogP contribution >= 0.6 is 0 Å². The van der Waals surface area contributed by atoms with Gasteiger partial charge in [-0.2, -0.15) is 0 Å². The molecule has 0 spiro atoms. The number of piperidine rings is 1. The summed E-state index contributed by atoms with van der Waals surface area (Å²) in [6.07, 6.45) is 5.74. The molecule has 1 aromatic carbocycles. The predicted molar refractivity (Wildman–Crippen MR) is 106 cm³/mol. The first-order valence-electron chi connectivity index (χ1n) is 9.34. The minimum atomic E-state index is -0.505. The smallest absolute Gasteiger partial charge is 0.329 e. The largest absolute Gasteiger partial charge is 0.497 e. The van der Waals surface area contributed by atoms with Gasteiger partial charge in [0, 0.05) is 25.0 Å². The average Bonchev–Trinajstić information content (AvgIpc) is 2.78. The molecule has 1 N–H and O–H groups in total. The number of esters is 1. The van der Waals surface area contributed by atoms with E-state index in [0.717, 1.165) is 12.8 Å². The molecule has 1 fully saturated rings. The van der Waals surface area contributed by atoms with Crippen LogP contribution in [0.5, 0.6) is 11.5 Å². The third-order valence-corrected chi connectivity index (χ3v) is 4.61. The Morgan fingerprint density at radius 2 is 1.97 bits per heavy atom. The van der Waals surface area contributed by atoms with E-state index in [4.69, 9.17) is 14.2 Å². The summed E-state index contributed by atoms with van der Waals surface area (Å²) in [7, 11) is 3.04. The Morgan fingerprint density at radius 3 is 2.69 bits per heavy atom. The number of methoxy groups -OCH3 is 2. The molecule has 1 aromatic heterocycles. The lowest BCUT2D eigenvalue weighted by molar-refractivity contribution is -0.149. The lowest BCUT2D eigenvalue weighted by Crippen LogP contribution is -2.47. The van der Waals surface area contributed by atoms with Crippen molar-refractivity contribution in [2.45, 2.75) is 25.3 Å². The summed E-state index contributed by atoms with van der Waals surface area (Å²) in [5, 5.41) is 2.68. The van der Waals surface area contributed by atoms with Crippen molar-refractivity contribution < 1.29 is 23.8 Å². The number of amides is 1. The molecule has 9 nitrogen and oxygen atoms in total. The summed E-state index contributed by atoms with van der Waals surface area (Å²) in [6, 6.07) is 6.23. The topological polar surface area (TPSA) is 103 Å². The number of anilines is 2. The van der Waals surface area contributed by atoms with Gasteiger partial charge >= 0.3 is 5.97 Å². The molecule has 0 saturated carbocycles. The lowest BCUT2D eigenvalue weighted by atomic mass is 10.0. The van der Waals surface area contributed by atoms with Crippen LogP contribution in [0, 0.1) is 0 Å². The second-order valence-corrected chi connectivity index (χ2v) is 6.48. The first kappa shape index (κ1) is 20.4. The predicted octanol–water partition coefficient (Wildman–Crippen LogP) is 2.03.